The van der Waals surface area contributed by atoms with E-state index in [1.165, 1.54) is 0 Å². The summed E-state index contributed by atoms with van der Waals surface area (Å²) in [7, 11) is 0. The van der Waals surface area contributed by atoms with Crippen molar-refractivity contribution in [3.63, 3.8) is 0 Å². The quantitative estimate of drug-likeness (QED) is 0.494. The molecule has 0 aromatic heterocycles. The van der Waals surface area contributed by atoms with Gasteiger partial charge in [0.2, 0.25) is 0 Å². The zero-order valence-corrected chi connectivity index (χ0v) is 4.62. The number of amides is 1. The zero-order chi connectivity index (χ0) is 5.28. The standard InChI is InChI=1S/C4H6NOS/c5-4(6)3-1-2-7-3/h3,5H,1-2H2. The van der Waals surface area contributed by atoms with Crippen LogP contribution in [0.15, 0.2) is 0 Å². The van der Waals surface area contributed by atoms with Crippen molar-refractivity contribution in [2.45, 2.75) is 11.7 Å². The molecule has 1 fully saturated rings. The lowest BCUT2D eigenvalue weighted by Crippen LogP contribution is -2.26. The molecule has 1 atom stereocenters. The summed E-state index contributed by atoms with van der Waals surface area (Å²) in [4.78, 5) is 10.1. The van der Waals surface area contributed by atoms with Crippen molar-refractivity contribution >= 4 is 17.7 Å². The fraction of sp³-hybridized carbons (Fsp3) is 0.750. The molecule has 1 aliphatic rings. The van der Waals surface area contributed by atoms with Gasteiger partial charge in [-0.2, -0.15) is 0 Å². The monoisotopic (exact) mass is 116 g/mol. The van der Waals surface area contributed by atoms with Gasteiger partial charge in [0.05, 0.1) is 5.25 Å². The molecule has 1 aliphatic heterocycles. The Bertz CT molecular complexity index is 89.7. The van der Waals surface area contributed by atoms with Crippen LogP contribution in [-0.2, 0) is 4.79 Å². The van der Waals surface area contributed by atoms with E-state index in [9.17, 15) is 4.79 Å². The van der Waals surface area contributed by atoms with Gasteiger partial charge in [-0.05, 0) is 12.2 Å². The van der Waals surface area contributed by atoms with Gasteiger partial charge in [0, 0.05) is 0 Å². The Hall–Kier alpha value is -0.180. The number of carbonyl (C=O) groups is 1. The van der Waals surface area contributed by atoms with Crippen LogP contribution in [0.3, 0.4) is 0 Å². The van der Waals surface area contributed by atoms with Crippen LogP contribution in [0, 0.1) is 0 Å². The first-order valence-corrected chi connectivity index (χ1v) is 3.22. The van der Waals surface area contributed by atoms with E-state index in [0.29, 0.717) is 0 Å². The predicted octanol–water partition coefficient (Wildman–Crippen LogP) is 0.301. The van der Waals surface area contributed by atoms with E-state index in [-0.39, 0.29) is 5.25 Å². The zero-order valence-electron chi connectivity index (χ0n) is 3.81. The Kier molecular flexibility index (Phi) is 1.23. The third kappa shape index (κ3) is 0.881. The molecule has 0 aromatic carbocycles. The second-order valence-electron chi connectivity index (χ2n) is 1.51. The third-order valence-electron chi connectivity index (χ3n) is 0.992. The normalized spacial score (nSPS) is 28.9. The molecule has 3 heteroatoms. The second kappa shape index (κ2) is 1.74. The molecule has 1 saturated heterocycles. The highest BCUT2D eigenvalue weighted by Gasteiger charge is 2.23. The molecule has 1 rings (SSSR count). The van der Waals surface area contributed by atoms with E-state index in [1.807, 2.05) is 0 Å². The van der Waals surface area contributed by atoms with Gasteiger partial charge in [-0.3, -0.25) is 10.5 Å². The lowest BCUT2D eigenvalue weighted by Gasteiger charge is -2.19. The summed E-state index contributed by atoms with van der Waals surface area (Å²) in [5, 5.41) is 0.0278. The minimum Gasteiger partial charge on any atom is -0.272 e. The Morgan fingerprint density at radius 2 is 2.43 bits per heavy atom. The molecule has 0 aromatic rings. The first-order valence-electron chi connectivity index (χ1n) is 2.18. The minimum atomic E-state index is -0.406. The van der Waals surface area contributed by atoms with Gasteiger partial charge in [0.15, 0.2) is 0 Å². The van der Waals surface area contributed by atoms with Gasteiger partial charge < -0.3 is 0 Å². The molecule has 1 N–H and O–H groups in total. The molecule has 2 nitrogen and oxygen atoms in total. The maximum absolute atomic E-state index is 10.1. The molecule has 0 spiro atoms. The van der Waals surface area contributed by atoms with E-state index in [1.54, 1.807) is 11.8 Å². The maximum atomic E-state index is 10.1. The number of thioether (sulfide) groups is 1. The number of hydrogen-bond donors (Lipinski definition) is 0. The smallest absolute Gasteiger partial charge is 0.251 e. The van der Waals surface area contributed by atoms with Crippen LogP contribution in [0.5, 0.6) is 0 Å². The molecular formula is C4H6NOS. The highest BCUT2D eigenvalue weighted by molar-refractivity contribution is 8.01. The van der Waals surface area contributed by atoms with Crippen LogP contribution in [0.2, 0.25) is 0 Å². The molecule has 0 saturated carbocycles. The van der Waals surface area contributed by atoms with Crippen molar-refractivity contribution in [2.75, 3.05) is 5.75 Å². The summed E-state index contributed by atoms with van der Waals surface area (Å²) in [6.07, 6.45) is 0.924. The lowest BCUT2D eigenvalue weighted by molar-refractivity contribution is -0.118. The van der Waals surface area contributed by atoms with E-state index < -0.39 is 5.91 Å². The van der Waals surface area contributed by atoms with Crippen molar-refractivity contribution in [1.29, 1.82) is 0 Å². The van der Waals surface area contributed by atoms with Crippen molar-refractivity contribution in [1.82, 2.24) is 5.73 Å². The minimum absolute atomic E-state index is 0.0278. The maximum Gasteiger partial charge on any atom is 0.251 e. The van der Waals surface area contributed by atoms with E-state index in [2.05, 4.69) is 0 Å². The van der Waals surface area contributed by atoms with Gasteiger partial charge in [-0.1, -0.05) is 0 Å². The van der Waals surface area contributed by atoms with Gasteiger partial charge >= 0.3 is 0 Å². The molecule has 39 valence electrons. The summed E-state index contributed by atoms with van der Waals surface area (Å²) in [6.45, 7) is 0. The van der Waals surface area contributed by atoms with Gasteiger partial charge in [0.1, 0.15) is 0 Å². The highest BCUT2D eigenvalue weighted by atomic mass is 32.2. The molecule has 1 unspecified atom stereocenters. The average Bonchev–Trinajstić information content (AvgIpc) is 1.23. The van der Waals surface area contributed by atoms with Crippen LogP contribution >= 0.6 is 11.8 Å². The summed E-state index contributed by atoms with van der Waals surface area (Å²) in [6, 6.07) is 0. The summed E-state index contributed by atoms with van der Waals surface area (Å²) in [5.41, 5.74) is 6.58. The van der Waals surface area contributed by atoms with Crippen molar-refractivity contribution in [2.24, 2.45) is 0 Å². The number of nitrogens with one attached hydrogen (secondary N) is 1. The van der Waals surface area contributed by atoms with Crippen molar-refractivity contribution in [3.05, 3.63) is 0 Å². The van der Waals surface area contributed by atoms with Crippen LogP contribution in [-0.4, -0.2) is 16.9 Å². The second-order valence-corrected chi connectivity index (χ2v) is 2.82. The Labute approximate surface area is 46.5 Å². The summed E-state index contributed by atoms with van der Waals surface area (Å²) < 4.78 is 0. The van der Waals surface area contributed by atoms with Gasteiger partial charge in [-0.15, -0.1) is 11.8 Å². The lowest BCUT2D eigenvalue weighted by atomic mass is 10.3. The van der Waals surface area contributed by atoms with Crippen LogP contribution in [0.4, 0.5) is 0 Å². The highest BCUT2D eigenvalue weighted by Crippen LogP contribution is 2.26. The van der Waals surface area contributed by atoms with E-state index in [4.69, 9.17) is 5.73 Å². The predicted molar refractivity (Wildman–Crippen MR) is 29.0 cm³/mol. The Morgan fingerprint density at radius 3 is 2.43 bits per heavy atom. The summed E-state index contributed by atoms with van der Waals surface area (Å²) in [5.74, 6) is 0.659. The average molecular weight is 116 g/mol. The molecule has 0 aliphatic carbocycles. The molecule has 1 amide bonds. The Morgan fingerprint density at radius 1 is 1.86 bits per heavy atom. The number of carbonyl (C=O) groups excluding carboxylic acids is 1. The molecule has 1 radical (unpaired) electrons. The van der Waals surface area contributed by atoms with Crippen LogP contribution in [0.1, 0.15) is 6.42 Å². The molecule has 7 heavy (non-hydrogen) atoms. The van der Waals surface area contributed by atoms with E-state index >= 15 is 0 Å². The third-order valence-corrected chi connectivity index (χ3v) is 2.32. The molecular weight excluding hydrogens is 110 g/mol. The van der Waals surface area contributed by atoms with Crippen LogP contribution in [0.25, 0.3) is 0 Å². The fourth-order valence-corrected chi connectivity index (χ4v) is 1.07. The van der Waals surface area contributed by atoms with Crippen molar-refractivity contribution in [3.8, 4) is 0 Å². The fourth-order valence-electron chi connectivity index (χ4n) is 0.442. The number of rotatable bonds is 1. The SMILES string of the molecule is [NH]C(=O)C1CCS1. The van der Waals surface area contributed by atoms with Crippen molar-refractivity contribution < 1.29 is 4.79 Å². The Balaban J connectivity index is 2.27. The molecule has 1 heterocycles. The summed E-state index contributed by atoms with van der Waals surface area (Å²) >= 11 is 1.58. The largest absolute Gasteiger partial charge is 0.272 e. The number of hydrogen-bond acceptors (Lipinski definition) is 2. The van der Waals surface area contributed by atoms with E-state index in [0.717, 1.165) is 12.2 Å². The first-order chi connectivity index (χ1) is 3.30. The van der Waals surface area contributed by atoms with Gasteiger partial charge in [0.25, 0.3) is 5.91 Å². The first kappa shape index (κ1) is 4.97. The van der Waals surface area contributed by atoms with Crippen LogP contribution < -0.4 is 5.73 Å². The molecule has 0 bridgehead atoms. The topological polar surface area (TPSA) is 40.9 Å². The van der Waals surface area contributed by atoms with Gasteiger partial charge in [-0.25, -0.2) is 0 Å².